The van der Waals surface area contributed by atoms with Crippen LogP contribution in [0.3, 0.4) is 0 Å². The minimum Gasteiger partial charge on any atom is -0.478 e. The summed E-state index contributed by atoms with van der Waals surface area (Å²) in [5.74, 6) is -1.09. The average Bonchev–Trinajstić information content (AvgIpc) is 2.48. The number of carbonyl (C=O) groups excluding carboxylic acids is 1. The van der Waals surface area contributed by atoms with Crippen molar-refractivity contribution in [3.63, 3.8) is 0 Å². The number of hydrogen-bond acceptors (Lipinski definition) is 2. The van der Waals surface area contributed by atoms with Gasteiger partial charge in [-0.25, -0.2) is 4.79 Å². The van der Waals surface area contributed by atoms with Gasteiger partial charge in [-0.3, -0.25) is 4.79 Å². The van der Waals surface area contributed by atoms with Gasteiger partial charge >= 0.3 is 5.97 Å². The predicted octanol–water partition coefficient (Wildman–Crippen LogP) is 3.12. The highest BCUT2D eigenvalue weighted by molar-refractivity contribution is 9.10. The summed E-state index contributed by atoms with van der Waals surface area (Å²) in [6.45, 7) is 0.456. The Morgan fingerprint density at radius 1 is 1.05 bits per heavy atom. The first-order valence-corrected chi connectivity index (χ1v) is 7.21. The highest BCUT2D eigenvalue weighted by Crippen LogP contribution is 2.10. The Hall–Kier alpha value is -2.14. The van der Waals surface area contributed by atoms with Gasteiger partial charge in [0.05, 0.1) is 5.56 Å². The minimum atomic E-state index is -0.948. The van der Waals surface area contributed by atoms with E-state index in [-0.39, 0.29) is 11.5 Å². The first-order valence-electron chi connectivity index (χ1n) is 6.42. The lowest BCUT2D eigenvalue weighted by Crippen LogP contribution is -2.25. The van der Waals surface area contributed by atoms with E-state index in [4.69, 9.17) is 5.11 Å². The van der Waals surface area contributed by atoms with E-state index in [2.05, 4.69) is 21.2 Å². The Bertz CT molecular complexity index is 653. The van der Waals surface area contributed by atoms with Crippen molar-refractivity contribution < 1.29 is 14.7 Å². The first kappa shape index (κ1) is 15.3. The van der Waals surface area contributed by atoms with Crippen LogP contribution in [-0.2, 0) is 6.42 Å². The molecule has 0 spiro atoms. The molecule has 0 unspecified atom stereocenters. The topological polar surface area (TPSA) is 66.4 Å². The van der Waals surface area contributed by atoms with Crippen LogP contribution in [0.5, 0.6) is 0 Å². The number of halogens is 1. The zero-order valence-corrected chi connectivity index (χ0v) is 12.8. The van der Waals surface area contributed by atoms with Crippen LogP contribution in [0.1, 0.15) is 26.3 Å². The maximum absolute atomic E-state index is 11.9. The summed E-state index contributed by atoms with van der Waals surface area (Å²) in [7, 11) is 0. The third kappa shape index (κ3) is 4.43. The van der Waals surface area contributed by atoms with Gasteiger partial charge in [-0.05, 0) is 48.4 Å². The van der Waals surface area contributed by atoms with Crippen molar-refractivity contribution in [1.29, 1.82) is 0 Å². The smallest absolute Gasteiger partial charge is 0.335 e. The number of carboxylic acids is 1. The number of hydrogen-bond donors (Lipinski definition) is 2. The molecule has 0 saturated heterocycles. The van der Waals surface area contributed by atoms with Gasteiger partial charge in [-0.2, -0.15) is 0 Å². The van der Waals surface area contributed by atoms with E-state index in [1.165, 1.54) is 0 Å². The number of rotatable bonds is 5. The van der Waals surface area contributed by atoms with Crippen molar-refractivity contribution >= 4 is 27.8 Å². The fraction of sp³-hybridized carbons (Fsp3) is 0.125. The molecule has 0 aliphatic heterocycles. The van der Waals surface area contributed by atoms with Crippen molar-refractivity contribution in [3.05, 3.63) is 69.7 Å². The maximum Gasteiger partial charge on any atom is 0.335 e. The Labute approximate surface area is 130 Å². The fourth-order valence-electron chi connectivity index (χ4n) is 1.88. The van der Waals surface area contributed by atoms with Crippen molar-refractivity contribution in [2.45, 2.75) is 6.42 Å². The molecule has 4 nitrogen and oxygen atoms in total. The molecule has 21 heavy (non-hydrogen) atoms. The Morgan fingerprint density at radius 3 is 2.43 bits per heavy atom. The number of carbonyl (C=O) groups is 2. The second-order valence-corrected chi connectivity index (χ2v) is 5.43. The molecule has 0 atom stereocenters. The molecule has 0 radical (unpaired) electrons. The molecule has 5 heteroatoms. The number of nitrogens with one attached hydrogen (secondary N) is 1. The molecule has 2 N–H and O–H groups in total. The SMILES string of the molecule is O=C(O)c1cccc(CCNC(=O)c2ccc(Br)cc2)c1. The second kappa shape index (κ2) is 7.04. The van der Waals surface area contributed by atoms with E-state index in [0.29, 0.717) is 18.5 Å². The van der Waals surface area contributed by atoms with Crippen LogP contribution in [0.25, 0.3) is 0 Å². The van der Waals surface area contributed by atoms with Crippen LogP contribution >= 0.6 is 15.9 Å². The lowest BCUT2D eigenvalue weighted by Gasteiger charge is -2.06. The van der Waals surface area contributed by atoms with E-state index in [0.717, 1.165) is 10.0 Å². The fourth-order valence-corrected chi connectivity index (χ4v) is 2.15. The standard InChI is InChI=1S/C16H14BrNO3/c17-14-6-4-12(5-7-14)15(19)18-9-8-11-2-1-3-13(10-11)16(20)21/h1-7,10H,8-9H2,(H,18,19)(H,20,21). The molecule has 2 aromatic carbocycles. The van der Waals surface area contributed by atoms with Crippen LogP contribution in [0.15, 0.2) is 53.0 Å². The Kier molecular flexibility index (Phi) is 5.11. The van der Waals surface area contributed by atoms with E-state index in [1.807, 2.05) is 18.2 Å². The van der Waals surface area contributed by atoms with Gasteiger partial charge in [0.1, 0.15) is 0 Å². The van der Waals surface area contributed by atoms with E-state index in [9.17, 15) is 9.59 Å². The van der Waals surface area contributed by atoms with Crippen molar-refractivity contribution in [3.8, 4) is 0 Å². The predicted molar refractivity (Wildman–Crippen MR) is 83.6 cm³/mol. The molecule has 2 rings (SSSR count). The van der Waals surface area contributed by atoms with Gasteiger partial charge in [0.15, 0.2) is 0 Å². The number of benzene rings is 2. The molecule has 0 fully saturated rings. The Morgan fingerprint density at radius 2 is 1.76 bits per heavy atom. The van der Waals surface area contributed by atoms with Gasteiger partial charge in [-0.1, -0.05) is 28.1 Å². The summed E-state index contributed by atoms with van der Waals surface area (Å²) in [6, 6.07) is 13.8. The third-order valence-corrected chi connectivity index (χ3v) is 3.51. The summed E-state index contributed by atoms with van der Waals surface area (Å²) in [6.07, 6.45) is 0.587. The molecule has 108 valence electrons. The first-order chi connectivity index (χ1) is 10.1. The van der Waals surface area contributed by atoms with Crippen LogP contribution in [0.4, 0.5) is 0 Å². The zero-order valence-electron chi connectivity index (χ0n) is 11.2. The molecule has 0 heterocycles. The summed E-state index contributed by atoms with van der Waals surface area (Å²) in [5, 5.41) is 11.7. The largest absolute Gasteiger partial charge is 0.478 e. The third-order valence-electron chi connectivity index (χ3n) is 2.98. The minimum absolute atomic E-state index is 0.142. The molecular weight excluding hydrogens is 334 g/mol. The number of amides is 1. The molecule has 2 aromatic rings. The summed E-state index contributed by atoms with van der Waals surface area (Å²) in [5.41, 5.74) is 1.73. The maximum atomic E-state index is 11.9. The van der Waals surface area contributed by atoms with E-state index < -0.39 is 5.97 Å². The quantitative estimate of drug-likeness (QED) is 0.873. The number of aromatic carboxylic acids is 1. The van der Waals surface area contributed by atoms with Crippen LogP contribution in [-0.4, -0.2) is 23.5 Å². The van der Waals surface area contributed by atoms with Crippen molar-refractivity contribution in [2.75, 3.05) is 6.54 Å². The monoisotopic (exact) mass is 347 g/mol. The van der Waals surface area contributed by atoms with Gasteiger partial charge in [0.2, 0.25) is 0 Å². The molecule has 0 bridgehead atoms. The van der Waals surface area contributed by atoms with Gasteiger partial charge < -0.3 is 10.4 Å². The van der Waals surface area contributed by atoms with Gasteiger partial charge in [0.25, 0.3) is 5.91 Å². The highest BCUT2D eigenvalue weighted by Gasteiger charge is 2.06. The van der Waals surface area contributed by atoms with Crippen LogP contribution in [0, 0.1) is 0 Å². The molecule has 0 aliphatic carbocycles. The van der Waals surface area contributed by atoms with E-state index in [1.54, 1.807) is 30.3 Å². The van der Waals surface area contributed by atoms with Crippen molar-refractivity contribution in [2.24, 2.45) is 0 Å². The molecule has 0 saturated carbocycles. The van der Waals surface area contributed by atoms with Crippen LogP contribution in [0.2, 0.25) is 0 Å². The molecule has 0 aliphatic rings. The van der Waals surface area contributed by atoms with Crippen molar-refractivity contribution in [1.82, 2.24) is 5.32 Å². The van der Waals surface area contributed by atoms with E-state index >= 15 is 0 Å². The molecule has 1 amide bonds. The average molecular weight is 348 g/mol. The lowest BCUT2D eigenvalue weighted by atomic mass is 10.1. The zero-order chi connectivity index (χ0) is 15.2. The summed E-state index contributed by atoms with van der Waals surface area (Å²) in [4.78, 5) is 22.8. The molecule has 0 aromatic heterocycles. The summed E-state index contributed by atoms with van der Waals surface area (Å²) >= 11 is 3.32. The molecular formula is C16H14BrNO3. The summed E-state index contributed by atoms with van der Waals surface area (Å²) < 4.78 is 0.921. The van der Waals surface area contributed by atoms with Gasteiger partial charge in [0, 0.05) is 16.6 Å². The highest BCUT2D eigenvalue weighted by atomic mass is 79.9. The second-order valence-electron chi connectivity index (χ2n) is 4.52. The lowest BCUT2D eigenvalue weighted by molar-refractivity contribution is 0.0696. The van der Waals surface area contributed by atoms with Crippen LogP contribution < -0.4 is 5.32 Å². The van der Waals surface area contributed by atoms with Gasteiger partial charge in [-0.15, -0.1) is 0 Å². The Balaban J connectivity index is 1.89. The normalized spacial score (nSPS) is 10.1. The number of carboxylic acid groups (broad SMARTS) is 1.